The highest BCUT2D eigenvalue weighted by atomic mass is 16.7. The van der Waals surface area contributed by atoms with Gasteiger partial charge < -0.3 is 39.4 Å². The molecule has 1 spiro atoms. The van der Waals surface area contributed by atoms with E-state index in [1.807, 2.05) is 0 Å². The fourth-order valence-electron chi connectivity index (χ4n) is 11.7. The molecule has 0 aromatic heterocycles. The highest BCUT2D eigenvalue weighted by Gasteiger charge is 2.69. The quantitative estimate of drug-likeness (QED) is 0.375. The number of hydrogen-bond acceptors (Lipinski definition) is 8. The topological polar surface area (TPSA) is 118 Å². The first-order valence-electron chi connectivity index (χ1n) is 16.8. The monoisotopic (exact) mass is 578 g/mol. The van der Waals surface area contributed by atoms with Crippen molar-refractivity contribution in [3.05, 3.63) is 0 Å². The van der Waals surface area contributed by atoms with Gasteiger partial charge in [0.1, 0.15) is 24.4 Å². The van der Waals surface area contributed by atoms with Crippen molar-refractivity contribution < 1.29 is 39.4 Å². The van der Waals surface area contributed by atoms with Crippen LogP contribution in [0.15, 0.2) is 0 Å². The number of aliphatic hydroxyl groups is 4. The molecule has 3 saturated heterocycles. The van der Waals surface area contributed by atoms with Gasteiger partial charge in [-0.25, -0.2) is 0 Å². The SMILES string of the molecule is C[C@@H]1CC[C@@]2(OC1)O[C@H]1C[C@H]3[C@@H]4CC[C@@H]5C[C@@H](O[C@@H]6O[C@H](CO)[C@@H](O)[C@H](O)[C@H]6O)CC[C@]5(C)[C@H]4CC[C@]3(C)[C@H]1[C@@H]2C. The smallest absolute Gasteiger partial charge is 0.186 e. The zero-order valence-electron chi connectivity index (χ0n) is 25.5. The Morgan fingerprint density at radius 2 is 1.61 bits per heavy atom. The standard InChI is InChI=1S/C33H54O8/c1-17-7-12-33(38-16-17)18(2)26-24(41-33)14-23-21-6-5-19-13-20(8-10-31(19,3)22(21)9-11-32(23,26)4)39-30-29(37)28(36)27(35)25(15-34)40-30/h17-30,34-37H,5-16H2,1-4H3/t17-,18+,19-,20+,21-,22+,23+,24+,25-,26+,27-,28+,29-,30-,31+,32+,33-/m1/s1. The molecular weight excluding hydrogens is 524 g/mol. The van der Waals surface area contributed by atoms with Crippen LogP contribution in [0.5, 0.6) is 0 Å². The molecule has 4 saturated carbocycles. The van der Waals surface area contributed by atoms with Gasteiger partial charge in [0.2, 0.25) is 0 Å². The van der Waals surface area contributed by atoms with E-state index in [-0.39, 0.29) is 17.3 Å². The molecule has 4 aliphatic carbocycles. The van der Waals surface area contributed by atoms with Crippen molar-refractivity contribution in [3.8, 4) is 0 Å². The molecule has 7 aliphatic rings. The van der Waals surface area contributed by atoms with Gasteiger partial charge in [0, 0.05) is 12.3 Å². The Morgan fingerprint density at radius 1 is 0.829 bits per heavy atom. The van der Waals surface area contributed by atoms with Crippen LogP contribution >= 0.6 is 0 Å². The molecule has 0 aromatic carbocycles. The first kappa shape index (κ1) is 29.4. The van der Waals surface area contributed by atoms with Gasteiger partial charge in [-0.2, -0.15) is 0 Å². The molecule has 8 nitrogen and oxygen atoms in total. The third-order valence-corrected chi connectivity index (χ3v) is 14.1. The Labute approximate surface area is 245 Å². The Bertz CT molecular complexity index is 967. The zero-order chi connectivity index (χ0) is 28.9. The molecule has 3 heterocycles. The maximum absolute atomic E-state index is 10.5. The van der Waals surface area contributed by atoms with Crippen LogP contribution in [0, 0.1) is 52.3 Å². The predicted molar refractivity (Wildman–Crippen MR) is 150 cm³/mol. The van der Waals surface area contributed by atoms with Crippen LogP contribution in [-0.2, 0) is 18.9 Å². The minimum Gasteiger partial charge on any atom is -0.394 e. The van der Waals surface area contributed by atoms with Crippen molar-refractivity contribution in [2.24, 2.45) is 52.3 Å². The fourth-order valence-corrected chi connectivity index (χ4v) is 11.7. The van der Waals surface area contributed by atoms with Crippen LogP contribution in [0.4, 0.5) is 0 Å². The van der Waals surface area contributed by atoms with Gasteiger partial charge >= 0.3 is 0 Å². The second-order valence-electron chi connectivity index (χ2n) is 15.9. The second-order valence-corrected chi connectivity index (χ2v) is 15.9. The van der Waals surface area contributed by atoms with Crippen LogP contribution in [0.3, 0.4) is 0 Å². The van der Waals surface area contributed by atoms with Gasteiger partial charge in [-0.3, -0.25) is 0 Å². The highest BCUT2D eigenvalue weighted by molar-refractivity contribution is 5.15. The normalized spacial score (nSPS) is 60.3. The number of aliphatic hydroxyl groups excluding tert-OH is 4. The van der Waals surface area contributed by atoms with Gasteiger partial charge in [0.05, 0.1) is 25.4 Å². The van der Waals surface area contributed by atoms with Crippen LogP contribution in [0.1, 0.15) is 91.9 Å². The molecule has 41 heavy (non-hydrogen) atoms. The fraction of sp³-hybridized carbons (Fsp3) is 1.00. The molecular formula is C33H54O8. The molecule has 0 unspecified atom stereocenters. The summed E-state index contributed by atoms with van der Waals surface area (Å²) >= 11 is 0. The van der Waals surface area contributed by atoms with Crippen molar-refractivity contribution in [1.82, 2.24) is 0 Å². The molecule has 3 aliphatic heterocycles. The first-order chi connectivity index (χ1) is 19.5. The van der Waals surface area contributed by atoms with Crippen LogP contribution in [-0.4, -0.2) is 82.3 Å². The maximum Gasteiger partial charge on any atom is 0.186 e. The van der Waals surface area contributed by atoms with Crippen LogP contribution in [0.25, 0.3) is 0 Å². The summed E-state index contributed by atoms with van der Waals surface area (Å²) in [4.78, 5) is 0. The van der Waals surface area contributed by atoms with E-state index in [1.54, 1.807) is 0 Å². The van der Waals surface area contributed by atoms with E-state index in [4.69, 9.17) is 18.9 Å². The number of fused-ring (bicyclic) bond motifs is 7. The molecule has 7 rings (SSSR count). The first-order valence-corrected chi connectivity index (χ1v) is 16.8. The van der Waals surface area contributed by atoms with Gasteiger partial charge in [-0.05, 0) is 104 Å². The van der Waals surface area contributed by atoms with Crippen LogP contribution < -0.4 is 0 Å². The molecule has 0 aromatic rings. The second kappa shape index (κ2) is 10.4. The summed E-state index contributed by atoms with van der Waals surface area (Å²) in [6.07, 6.45) is 5.64. The van der Waals surface area contributed by atoms with Gasteiger partial charge in [0.25, 0.3) is 0 Å². The molecule has 0 bridgehead atoms. The third kappa shape index (κ3) is 4.36. The summed E-state index contributed by atoms with van der Waals surface area (Å²) in [5.41, 5.74) is 0.612. The Kier molecular flexibility index (Phi) is 7.43. The lowest BCUT2D eigenvalue weighted by atomic mass is 9.44. The summed E-state index contributed by atoms with van der Waals surface area (Å²) in [7, 11) is 0. The van der Waals surface area contributed by atoms with E-state index in [0.717, 1.165) is 50.0 Å². The van der Waals surface area contributed by atoms with Gasteiger partial charge in [-0.15, -0.1) is 0 Å². The summed E-state index contributed by atoms with van der Waals surface area (Å²) in [5, 5.41) is 40.4. The minimum atomic E-state index is -1.40. The number of hydrogen-bond donors (Lipinski definition) is 4. The maximum atomic E-state index is 10.5. The number of rotatable bonds is 3. The van der Waals surface area contributed by atoms with E-state index in [9.17, 15) is 20.4 Å². The molecule has 4 N–H and O–H groups in total. The van der Waals surface area contributed by atoms with E-state index >= 15 is 0 Å². The summed E-state index contributed by atoms with van der Waals surface area (Å²) in [5.74, 6) is 4.08. The summed E-state index contributed by atoms with van der Waals surface area (Å²) < 4.78 is 25.4. The van der Waals surface area contributed by atoms with Crippen molar-refractivity contribution in [1.29, 1.82) is 0 Å². The van der Waals surface area contributed by atoms with E-state index in [0.29, 0.717) is 35.2 Å². The third-order valence-electron chi connectivity index (χ3n) is 14.1. The molecule has 234 valence electrons. The highest BCUT2D eigenvalue weighted by Crippen LogP contribution is 2.71. The van der Waals surface area contributed by atoms with Crippen molar-refractivity contribution in [2.45, 2.75) is 141 Å². The van der Waals surface area contributed by atoms with E-state index in [1.165, 1.54) is 38.5 Å². The molecule has 7 fully saturated rings. The van der Waals surface area contributed by atoms with Crippen LogP contribution in [0.2, 0.25) is 0 Å². The van der Waals surface area contributed by atoms with E-state index < -0.39 is 37.3 Å². The summed E-state index contributed by atoms with van der Waals surface area (Å²) in [6.45, 7) is 10.3. The van der Waals surface area contributed by atoms with Gasteiger partial charge in [0.15, 0.2) is 12.1 Å². The average Bonchev–Trinajstić information content (AvgIpc) is 3.40. The summed E-state index contributed by atoms with van der Waals surface area (Å²) in [6, 6.07) is 0. The Morgan fingerprint density at radius 3 is 2.34 bits per heavy atom. The number of ether oxygens (including phenoxy) is 4. The van der Waals surface area contributed by atoms with Gasteiger partial charge in [-0.1, -0.05) is 27.7 Å². The van der Waals surface area contributed by atoms with Crippen molar-refractivity contribution in [3.63, 3.8) is 0 Å². The largest absolute Gasteiger partial charge is 0.394 e. The van der Waals surface area contributed by atoms with Crippen molar-refractivity contribution in [2.75, 3.05) is 13.2 Å². The minimum absolute atomic E-state index is 0.0607. The Balaban J connectivity index is 1.03. The zero-order valence-corrected chi connectivity index (χ0v) is 25.5. The average molecular weight is 579 g/mol. The molecule has 0 radical (unpaired) electrons. The molecule has 17 atom stereocenters. The van der Waals surface area contributed by atoms with E-state index in [2.05, 4.69) is 27.7 Å². The molecule has 8 heteroatoms. The van der Waals surface area contributed by atoms with Crippen molar-refractivity contribution >= 4 is 0 Å². The predicted octanol–water partition coefficient (Wildman–Crippen LogP) is 3.62. The lowest BCUT2D eigenvalue weighted by Crippen LogP contribution is -2.60. The molecule has 0 amide bonds. The lowest BCUT2D eigenvalue weighted by molar-refractivity contribution is -0.316. The lowest BCUT2D eigenvalue weighted by Gasteiger charge is -2.61. The Hall–Kier alpha value is -0.320.